The molecule has 2 aromatic heterocycles. The van der Waals surface area contributed by atoms with Crippen LogP contribution in [0.2, 0.25) is 0 Å². The Morgan fingerprint density at radius 1 is 1.00 bits per heavy atom. The van der Waals surface area contributed by atoms with Gasteiger partial charge in [0.05, 0.1) is 5.69 Å². The Bertz CT molecular complexity index is 940. The second kappa shape index (κ2) is 10.7. The van der Waals surface area contributed by atoms with E-state index >= 15 is 0 Å². The fraction of sp³-hybridized carbons (Fsp3) is 0.600. The molecule has 1 N–H and O–H groups in total. The van der Waals surface area contributed by atoms with Gasteiger partial charge in [-0.1, -0.05) is 11.6 Å². The van der Waals surface area contributed by atoms with E-state index < -0.39 is 0 Å². The van der Waals surface area contributed by atoms with E-state index in [1.54, 1.807) is 0 Å². The summed E-state index contributed by atoms with van der Waals surface area (Å²) in [5, 5.41) is 16.7. The molecule has 0 spiro atoms. The van der Waals surface area contributed by atoms with Crippen LogP contribution < -0.4 is 10.2 Å². The SMILES string of the molecule is Cc1nn(-c2ccc(N3CCCCC3)nn2)c(C)c1CCC(=O)NCCC1=CCCCC1. The third-order valence-electron chi connectivity index (χ3n) is 6.73. The zero-order valence-electron chi connectivity index (χ0n) is 19.6. The van der Waals surface area contributed by atoms with Gasteiger partial charge in [-0.05, 0) is 89.3 Å². The minimum Gasteiger partial charge on any atom is -0.356 e. The highest BCUT2D eigenvalue weighted by atomic mass is 16.1. The Balaban J connectivity index is 1.32. The summed E-state index contributed by atoms with van der Waals surface area (Å²) < 4.78 is 1.85. The maximum Gasteiger partial charge on any atom is 0.220 e. The zero-order chi connectivity index (χ0) is 22.3. The standard InChI is InChI=1S/C25H36N6O/c1-19-22(11-14-25(32)26-16-15-21-9-5-3-6-10-21)20(2)31(29-19)24-13-12-23(27-28-24)30-17-7-4-8-18-30/h9,12-13H,3-8,10-11,14-18H2,1-2H3,(H,26,32). The largest absolute Gasteiger partial charge is 0.356 e. The second-order valence-corrected chi connectivity index (χ2v) is 9.07. The number of nitrogens with zero attached hydrogens (tertiary/aromatic N) is 5. The first-order valence-electron chi connectivity index (χ1n) is 12.2. The Kier molecular flexibility index (Phi) is 7.55. The number of aromatic nitrogens is 4. The van der Waals surface area contributed by atoms with Crippen molar-refractivity contribution >= 4 is 11.7 Å². The molecule has 0 radical (unpaired) electrons. The van der Waals surface area contributed by atoms with Crippen LogP contribution in [0.1, 0.15) is 74.7 Å². The number of allylic oxidation sites excluding steroid dienone is 1. The van der Waals surface area contributed by atoms with E-state index in [1.165, 1.54) is 50.5 Å². The Labute approximate surface area is 191 Å². The highest BCUT2D eigenvalue weighted by molar-refractivity contribution is 5.76. The molecule has 4 rings (SSSR count). The molecule has 172 valence electrons. The number of carbonyl (C=O) groups is 1. The lowest BCUT2D eigenvalue weighted by Crippen LogP contribution is -2.30. The number of nitrogens with one attached hydrogen (secondary N) is 1. The molecule has 1 amide bonds. The van der Waals surface area contributed by atoms with Crippen molar-refractivity contribution in [2.24, 2.45) is 0 Å². The van der Waals surface area contributed by atoms with E-state index in [1.807, 2.05) is 30.7 Å². The van der Waals surface area contributed by atoms with Gasteiger partial charge in [0.25, 0.3) is 0 Å². The average Bonchev–Trinajstić information content (AvgIpc) is 3.12. The molecule has 2 aliphatic rings. The summed E-state index contributed by atoms with van der Waals surface area (Å²) in [6, 6.07) is 4.03. The number of hydrogen-bond acceptors (Lipinski definition) is 5. The van der Waals surface area contributed by atoms with E-state index in [4.69, 9.17) is 0 Å². The Morgan fingerprint density at radius 2 is 1.78 bits per heavy atom. The van der Waals surface area contributed by atoms with Crippen molar-refractivity contribution in [3.05, 3.63) is 40.7 Å². The minimum atomic E-state index is 0.110. The lowest BCUT2D eigenvalue weighted by molar-refractivity contribution is -0.121. The van der Waals surface area contributed by atoms with Gasteiger partial charge < -0.3 is 10.2 Å². The Hall–Kier alpha value is -2.70. The second-order valence-electron chi connectivity index (χ2n) is 9.07. The third-order valence-corrected chi connectivity index (χ3v) is 6.73. The van der Waals surface area contributed by atoms with Gasteiger partial charge in [-0.3, -0.25) is 4.79 Å². The van der Waals surface area contributed by atoms with Gasteiger partial charge in [-0.2, -0.15) is 5.10 Å². The minimum absolute atomic E-state index is 0.110. The first kappa shape index (κ1) is 22.5. The molecule has 1 saturated heterocycles. The molecule has 2 aromatic rings. The van der Waals surface area contributed by atoms with Gasteiger partial charge in [-0.15, -0.1) is 10.2 Å². The van der Waals surface area contributed by atoms with Gasteiger partial charge >= 0.3 is 0 Å². The molecule has 1 fully saturated rings. The highest BCUT2D eigenvalue weighted by Crippen LogP contribution is 2.21. The predicted molar refractivity (Wildman–Crippen MR) is 127 cm³/mol. The molecular weight excluding hydrogens is 400 g/mol. The summed E-state index contributed by atoms with van der Waals surface area (Å²) in [5.74, 6) is 1.78. The topological polar surface area (TPSA) is 75.9 Å². The Morgan fingerprint density at radius 3 is 2.50 bits per heavy atom. The average molecular weight is 437 g/mol. The normalized spacial score (nSPS) is 16.7. The molecule has 1 aliphatic carbocycles. The monoisotopic (exact) mass is 436 g/mol. The molecule has 0 unspecified atom stereocenters. The van der Waals surface area contributed by atoms with E-state index in [0.29, 0.717) is 12.8 Å². The summed E-state index contributed by atoms with van der Waals surface area (Å²) in [6.45, 7) is 6.89. The number of anilines is 1. The first-order valence-corrected chi connectivity index (χ1v) is 12.2. The van der Waals surface area contributed by atoms with Crippen LogP contribution in [0.5, 0.6) is 0 Å². The van der Waals surface area contributed by atoms with E-state index in [0.717, 1.165) is 54.6 Å². The van der Waals surface area contributed by atoms with Crippen molar-refractivity contribution in [1.82, 2.24) is 25.3 Å². The van der Waals surface area contributed by atoms with E-state index in [-0.39, 0.29) is 5.91 Å². The molecule has 0 bridgehead atoms. The van der Waals surface area contributed by atoms with Crippen molar-refractivity contribution in [3.63, 3.8) is 0 Å². The summed E-state index contributed by atoms with van der Waals surface area (Å²) in [5.41, 5.74) is 4.60. The van der Waals surface area contributed by atoms with Gasteiger partial charge in [0.1, 0.15) is 0 Å². The van der Waals surface area contributed by atoms with Crippen LogP contribution in [0.15, 0.2) is 23.8 Å². The summed E-state index contributed by atoms with van der Waals surface area (Å²) in [7, 11) is 0. The fourth-order valence-corrected chi connectivity index (χ4v) is 4.80. The van der Waals surface area contributed by atoms with Crippen molar-refractivity contribution in [3.8, 4) is 5.82 Å². The van der Waals surface area contributed by atoms with Gasteiger partial charge in [0, 0.05) is 31.7 Å². The summed E-state index contributed by atoms with van der Waals surface area (Å²) >= 11 is 0. The van der Waals surface area contributed by atoms with Gasteiger partial charge in [-0.25, -0.2) is 4.68 Å². The van der Waals surface area contributed by atoms with Crippen LogP contribution in [0, 0.1) is 13.8 Å². The molecule has 0 saturated carbocycles. The molecule has 0 aromatic carbocycles. The van der Waals surface area contributed by atoms with Crippen LogP contribution in [0.4, 0.5) is 5.82 Å². The third kappa shape index (κ3) is 5.56. The van der Waals surface area contributed by atoms with Crippen LogP contribution in [-0.4, -0.2) is 45.5 Å². The van der Waals surface area contributed by atoms with Crippen molar-refractivity contribution in [2.45, 2.75) is 78.1 Å². The maximum absolute atomic E-state index is 12.4. The van der Waals surface area contributed by atoms with Gasteiger partial charge in [0.15, 0.2) is 11.6 Å². The fourth-order valence-electron chi connectivity index (χ4n) is 4.80. The number of piperidine rings is 1. The zero-order valence-corrected chi connectivity index (χ0v) is 19.6. The predicted octanol–water partition coefficient (Wildman–Crippen LogP) is 4.21. The molecular formula is C25H36N6O. The molecule has 32 heavy (non-hydrogen) atoms. The van der Waals surface area contributed by atoms with E-state index in [2.05, 4.69) is 31.6 Å². The number of carbonyl (C=O) groups excluding carboxylic acids is 1. The van der Waals surface area contributed by atoms with Crippen LogP contribution in [-0.2, 0) is 11.2 Å². The quantitative estimate of drug-likeness (QED) is 0.628. The lowest BCUT2D eigenvalue weighted by atomic mass is 9.97. The number of hydrogen-bond donors (Lipinski definition) is 1. The maximum atomic E-state index is 12.4. The van der Waals surface area contributed by atoms with Crippen LogP contribution >= 0.6 is 0 Å². The number of amides is 1. The lowest BCUT2D eigenvalue weighted by Gasteiger charge is -2.27. The molecule has 1 aliphatic heterocycles. The number of aryl methyl sites for hydroxylation is 1. The molecule has 3 heterocycles. The highest BCUT2D eigenvalue weighted by Gasteiger charge is 2.17. The van der Waals surface area contributed by atoms with Crippen LogP contribution in [0.3, 0.4) is 0 Å². The van der Waals surface area contributed by atoms with E-state index in [9.17, 15) is 4.79 Å². The molecule has 7 heteroatoms. The van der Waals surface area contributed by atoms with Crippen molar-refractivity contribution in [2.75, 3.05) is 24.5 Å². The number of rotatable bonds is 8. The van der Waals surface area contributed by atoms with Crippen molar-refractivity contribution in [1.29, 1.82) is 0 Å². The first-order chi connectivity index (χ1) is 15.6. The van der Waals surface area contributed by atoms with Crippen LogP contribution in [0.25, 0.3) is 5.82 Å². The van der Waals surface area contributed by atoms with Crippen molar-refractivity contribution < 1.29 is 4.79 Å². The summed E-state index contributed by atoms with van der Waals surface area (Å²) in [4.78, 5) is 14.7. The molecule has 7 nitrogen and oxygen atoms in total. The summed E-state index contributed by atoms with van der Waals surface area (Å²) in [6.07, 6.45) is 13.2. The van der Waals surface area contributed by atoms with Gasteiger partial charge in [0.2, 0.25) is 5.91 Å². The molecule has 0 atom stereocenters. The smallest absolute Gasteiger partial charge is 0.220 e.